The quantitative estimate of drug-likeness (QED) is 0.421. The number of ether oxygens (including phenoxy) is 3. The first-order valence-electron chi connectivity index (χ1n) is 5.22. The van der Waals surface area contributed by atoms with Gasteiger partial charge in [0.1, 0.15) is 5.75 Å². The van der Waals surface area contributed by atoms with Crippen LogP contribution in [0.4, 0.5) is 0 Å². The van der Waals surface area contributed by atoms with Crippen LogP contribution in [-0.4, -0.2) is 36.7 Å². The highest BCUT2D eigenvalue weighted by Gasteiger charge is 2.14. The van der Waals surface area contributed by atoms with Crippen molar-refractivity contribution in [1.29, 1.82) is 0 Å². The van der Waals surface area contributed by atoms with Gasteiger partial charge in [-0.15, -0.1) is 0 Å². The summed E-state index contributed by atoms with van der Waals surface area (Å²) in [5, 5.41) is 0. The fourth-order valence-electron chi connectivity index (χ4n) is 1.34. The maximum Gasteiger partial charge on any atom is 0.315 e. The molecule has 17 heavy (non-hydrogen) atoms. The summed E-state index contributed by atoms with van der Waals surface area (Å²) in [7, 11) is 6.22. The minimum Gasteiger partial charge on any atom is -0.440 e. The molecule has 4 nitrogen and oxygen atoms in total. The number of ketones is 1. The van der Waals surface area contributed by atoms with Crippen LogP contribution in [0.3, 0.4) is 0 Å². The number of carbonyl (C=O) groups is 1. The van der Waals surface area contributed by atoms with E-state index in [1.165, 1.54) is 14.2 Å². The summed E-state index contributed by atoms with van der Waals surface area (Å²) < 4.78 is 15.3. The van der Waals surface area contributed by atoms with Gasteiger partial charge in [0.15, 0.2) is 5.78 Å². The van der Waals surface area contributed by atoms with E-state index in [0.717, 1.165) is 0 Å². The monoisotopic (exact) mass is 251 g/mol. The molecule has 1 aromatic carbocycles. The zero-order valence-electron chi connectivity index (χ0n) is 9.93. The Balaban J connectivity index is 2.87. The van der Waals surface area contributed by atoms with E-state index in [0.29, 0.717) is 23.8 Å². The van der Waals surface area contributed by atoms with Gasteiger partial charge in [-0.3, -0.25) is 4.79 Å². The Morgan fingerprint density at radius 1 is 1.29 bits per heavy atom. The summed E-state index contributed by atoms with van der Waals surface area (Å²) in [6.45, 7) is -0.813. The van der Waals surface area contributed by atoms with Crippen LogP contribution in [0.2, 0.25) is 6.04 Å². The number of para-hydroxylation sites is 1. The Kier molecular flexibility index (Phi) is 5.89. The minimum absolute atomic E-state index is 0.0153. The van der Waals surface area contributed by atoms with Gasteiger partial charge >= 0.3 is 6.48 Å². The van der Waals surface area contributed by atoms with E-state index in [1.807, 2.05) is 0 Å². The lowest BCUT2D eigenvalue weighted by atomic mass is 10.1. The summed E-state index contributed by atoms with van der Waals surface area (Å²) >= 11 is 0. The Labute approximate surface area is 104 Å². The largest absolute Gasteiger partial charge is 0.440 e. The van der Waals surface area contributed by atoms with Gasteiger partial charge in [0.05, 0.1) is 5.56 Å². The molecule has 1 rings (SSSR count). The molecule has 0 bridgehead atoms. The first-order chi connectivity index (χ1) is 8.22. The molecule has 5 heteroatoms. The molecule has 0 heterocycles. The van der Waals surface area contributed by atoms with Crippen LogP contribution in [0.25, 0.3) is 0 Å². The Morgan fingerprint density at radius 3 is 2.53 bits per heavy atom. The molecule has 0 spiro atoms. The highest BCUT2D eigenvalue weighted by Crippen LogP contribution is 2.21. The molecule has 0 aliphatic carbocycles. The van der Waals surface area contributed by atoms with Crippen molar-refractivity contribution in [1.82, 2.24) is 0 Å². The van der Waals surface area contributed by atoms with Gasteiger partial charge in [0, 0.05) is 30.9 Å². The van der Waals surface area contributed by atoms with Crippen molar-refractivity contribution in [3.05, 3.63) is 29.8 Å². The van der Waals surface area contributed by atoms with Gasteiger partial charge in [-0.1, -0.05) is 18.2 Å². The Hall–Kier alpha value is -1.17. The van der Waals surface area contributed by atoms with Crippen LogP contribution in [0.5, 0.6) is 5.75 Å². The van der Waals surface area contributed by atoms with Crippen LogP contribution < -0.4 is 4.74 Å². The van der Waals surface area contributed by atoms with E-state index < -0.39 is 6.48 Å². The molecule has 0 fully saturated rings. The third-order valence-corrected chi connectivity index (χ3v) is 2.40. The summed E-state index contributed by atoms with van der Waals surface area (Å²) in [5.74, 6) is 0.480. The highest BCUT2D eigenvalue weighted by molar-refractivity contribution is 6.11. The van der Waals surface area contributed by atoms with Gasteiger partial charge in [0.2, 0.25) is 0 Å². The lowest BCUT2D eigenvalue weighted by Crippen LogP contribution is -2.21. The van der Waals surface area contributed by atoms with E-state index in [1.54, 1.807) is 24.3 Å². The summed E-state index contributed by atoms with van der Waals surface area (Å²) in [6.07, 6.45) is 0.419. The molecular weight excluding hydrogens is 236 g/mol. The first kappa shape index (κ1) is 13.9. The van der Waals surface area contributed by atoms with Crippen LogP contribution >= 0.6 is 0 Å². The number of carbonyl (C=O) groups excluding carboxylic acids is 1. The third kappa shape index (κ3) is 3.96. The molecule has 0 N–H and O–H groups in total. The standard InChI is InChI=1S/C12H15O4Si/c1-14-12(15-2)16-11-6-4-3-5-9(11)10(13)7-8-17/h3-6,12H,7-8H2,1-2H3. The molecule has 0 saturated carbocycles. The second kappa shape index (κ2) is 7.21. The molecule has 0 unspecified atom stereocenters. The van der Waals surface area contributed by atoms with Crippen LogP contribution in [0, 0.1) is 0 Å². The molecular formula is C12H15O4Si. The summed E-state index contributed by atoms with van der Waals surface area (Å²) in [4.78, 5) is 11.8. The predicted molar refractivity (Wildman–Crippen MR) is 64.4 cm³/mol. The van der Waals surface area contributed by atoms with Crippen molar-refractivity contribution in [2.45, 2.75) is 18.9 Å². The highest BCUT2D eigenvalue weighted by atomic mass is 28.1. The average molecular weight is 251 g/mol. The number of rotatable bonds is 7. The first-order valence-corrected chi connectivity index (χ1v) is 5.92. The van der Waals surface area contributed by atoms with Gasteiger partial charge in [0.25, 0.3) is 0 Å². The fourth-order valence-corrected chi connectivity index (χ4v) is 1.57. The summed E-state index contributed by atoms with van der Waals surface area (Å²) in [6, 6.07) is 7.64. The minimum atomic E-state index is -0.813. The SMILES string of the molecule is COC(OC)Oc1ccccc1C(=O)CC[Si]. The van der Waals surface area contributed by atoms with E-state index in [4.69, 9.17) is 14.2 Å². The molecule has 3 radical (unpaired) electrons. The van der Waals surface area contributed by atoms with Crippen molar-refractivity contribution in [2.75, 3.05) is 14.2 Å². The van der Waals surface area contributed by atoms with Crippen molar-refractivity contribution in [3.8, 4) is 5.75 Å². The molecule has 1 aromatic rings. The molecule has 91 valence electrons. The van der Waals surface area contributed by atoms with E-state index in [-0.39, 0.29) is 5.78 Å². The van der Waals surface area contributed by atoms with Gasteiger partial charge in [-0.05, 0) is 12.1 Å². The lowest BCUT2D eigenvalue weighted by molar-refractivity contribution is -0.219. The van der Waals surface area contributed by atoms with Crippen LogP contribution in [0.15, 0.2) is 24.3 Å². The van der Waals surface area contributed by atoms with Crippen molar-refractivity contribution in [3.63, 3.8) is 0 Å². The Morgan fingerprint density at radius 2 is 1.94 bits per heavy atom. The normalized spacial score (nSPS) is 10.6. The molecule has 0 saturated heterocycles. The van der Waals surface area contributed by atoms with E-state index in [2.05, 4.69) is 10.2 Å². The van der Waals surface area contributed by atoms with Crippen molar-refractivity contribution >= 4 is 16.0 Å². The molecule has 0 aliphatic heterocycles. The molecule has 0 aromatic heterocycles. The molecule has 0 atom stereocenters. The van der Waals surface area contributed by atoms with Gasteiger partial charge in [-0.2, -0.15) is 0 Å². The molecule has 0 aliphatic rings. The Bertz CT molecular complexity index is 363. The number of hydrogen-bond acceptors (Lipinski definition) is 4. The number of hydrogen-bond donors (Lipinski definition) is 0. The van der Waals surface area contributed by atoms with Crippen molar-refractivity contribution in [2.24, 2.45) is 0 Å². The zero-order valence-corrected chi connectivity index (χ0v) is 10.9. The van der Waals surface area contributed by atoms with Gasteiger partial charge in [-0.25, -0.2) is 0 Å². The predicted octanol–water partition coefficient (Wildman–Crippen LogP) is 1.80. The maximum absolute atomic E-state index is 11.8. The van der Waals surface area contributed by atoms with Crippen LogP contribution in [0.1, 0.15) is 16.8 Å². The number of methoxy groups -OCH3 is 2. The summed E-state index contributed by atoms with van der Waals surface area (Å²) in [5.41, 5.74) is 0.532. The molecule has 0 amide bonds. The topological polar surface area (TPSA) is 44.8 Å². The van der Waals surface area contributed by atoms with E-state index >= 15 is 0 Å². The smallest absolute Gasteiger partial charge is 0.315 e. The van der Waals surface area contributed by atoms with Gasteiger partial charge < -0.3 is 14.2 Å². The zero-order chi connectivity index (χ0) is 12.7. The van der Waals surface area contributed by atoms with Crippen molar-refractivity contribution < 1.29 is 19.0 Å². The van der Waals surface area contributed by atoms with Crippen LogP contribution in [-0.2, 0) is 9.47 Å². The average Bonchev–Trinajstić information content (AvgIpc) is 2.36. The maximum atomic E-state index is 11.8. The van der Waals surface area contributed by atoms with E-state index in [9.17, 15) is 4.79 Å². The third-order valence-electron chi connectivity index (χ3n) is 2.15. The fraction of sp³-hybridized carbons (Fsp3) is 0.417. The second-order valence-electron chi connectivity index (χ2n) is 3.30. The number of benzene rings is 1. The second-order valence-corrected chi connectivity index (χ2v) is 3.80. The number of Topliss-reactive ketones (excluding diaryl/α,β-unsaturated/α-hetero) is 1. The lowest BCUT2D eigenvalue weighted by Gasteiger charge is -2.17.